The normalized spacial score (nSPS) is 14.7. The van der Waals surface area contributed by atoms with Crippen LogP contribution in [0.15, 0.2) is 35.1 Å². The molecule has 0 saturated carbocycles. The molecule has 0 bridgehead atoms. The van der Waals surface area contributed by atoms with E-state index in [2.05, 4.69) is 15.0 Å². The highest BCUT2D eigenvalue weighted by atomic mass is 32.1. The van der Waals surface area contributed by atoms with E-state index in [1.165, 1.54) is 17.8 Å². The molecule has 2 aromatic heterocycles. The van der Waals surface area contributed by atoms with Crippen molar-refractivity contribution in [3.63, 3.8) is 0 Å². The lowest BCUT2D eigenvalue weighted by Crippen LogP contribution is -2.31. The van der Waals surface area contributed by atoms with Crippen molar-refractivity contribution in [2.24, 2.45) is 5.73 Å². The quantitative estimate of drug-likeness (QED) is 0.759. The summed E-state index contributed by atoms with van der Waals surface area (Å²) in [5.74, 6) is -0.607. The summed E-state index contributed by atoms with van der Waals surface area (Å²) in [6, 6.07) is 9.62. The van der Waals surface area contributed by atoms with Crippen LogP contribution in [0.25, 0.3) is 21.5 Å². The fourth-order valence-electron chi connectivity index (χ4n) is 3.21. The van der Waals surface area contributed by atoms with E-state index in [1.54, 1.807) is 0 Å². The molecule has 8 heteroatoms. The number of hydrogen-bond acceptors (Lipinski definition) is 6. The van der Waals surface area contributed by atoms with Crippen molar-refractivity contribution in [1.29, 1.82) is 0 Å². The molecule has 7 nitrogen and oxygen atoms in total. The third-order valence-electron chi connectivity index (χ3n) is 4.47. The standard InChI is InChI=1S/C18H19N5O2S/c19-13(24)11-23-17(25)15-16(14(21-23)12-7-3-1-4-8-12)26-18(20-15)22-9-5-2-6-10-22/h1,3-4,7-8H,2,5-6,9-11H2,(H2,19,24). The maximum absolute atomic E-state index is 12.8. The molecule has 1 aliphatic heterocycles. The van der Waals surface area contributed by atoms with Crippen LogP contribution in [-0.2, 0) is 11.3 Å². The van der Waals surface area contributed by atoms with Crippen LogP contribution in [0.1, 0.15) is 19.3 Å². The first-order chi connectivity index (χ1) is 12.6. The molecule has 0 unspecified atom stereocenters. The van der Waals surface area contributed by atoms with E-state index in [4.69, 9.17) is 5.73 Å². The molecular formula is C18H19N5O2S. The van der Waals surface area contributed by atoms with Gasteiger partial charge < -0.3 is 10.6 Å². The molecule has 1 saturated heterocycles. The zero-order valence-corrected chi connectivity index (χ0v) is 15.0. The first-order valence-corrected chi connectivity index (χ1v) is 9.45. The van der Waals surface area contributed by atoms with Gasteiger partial charge in [-0.2, -0.15) is 5.10 Å². The number of nitrogens with zero attached hydrogens (tertiary/aromatic N) is 4. The van der Waals surface area contributed by atoms with Gasteiger partial charge >= 0.3 is 0 Å². The number of piperidine rings is 1. The summed E-state index contributed by atoms with van der Waals surface area (Å²) >= 11 is 1.49. The average molecular weight is 369 g/mol. The fourth-order valence-corrected chi connectivity index (χ4v) is 4.32. The second-order valence-corrected chi connectivity index (χ2v) is 7.34. The number of amides is 1. The minimum atomic E-state index is -0.607. The lowest BCUT2D eigenvalue weighted by molar-refractivity contribution is -0.118. The van der Waals surface area contributed by atoms with E-state index in [-0.39, 0.29) is 12.1 Å². The molecule has 1 amide bonds. The molecule has 4 rings (SSSR count). The van der Waals surface area contributed by atoms with Crippen LogP contribution in [0, 0.1) is 0 Å². The van der Waals surface area contributed by atoms with Gasteiger partial charge in [-0.05, 0) is 19.3 Å². The van der Waals surface area contributed by atoms with Crippen molar-refractivity contribution in [2.75, 3.05) is 18.0 Å². The number of benzene rings is 1. The molecule has 3 heterocycles. The molecule has 1 aromatic carbocycles. The molecule has 134 valence electrons. The molecule has 0 atom stereocenters. The first kappa shape index (κ1) is 16.7. The highest BCUT2D eigenvalue weighted by molar-refractivity contribution is 7.22. The van der Waals surface area contributed by atoms with Crippen LogP contribution in [0.5, 0.6) is 0 Å². The van der Waals surface area contributed by atoms with Crippen molar-refractivity contribution < 1.29 is 4.79 Å². The number of fused-ring (bicyclic) bond motifs is 1. The number of carbonyl (C=O) groups excluding carboxylic acids is 1. The monoisotopic (exact) mass is 369 g/mol. The van der Waals surface area contributed by atoms with Gasteiger partial charge in [-0.1, -0.05) is 41.7 Å². The Morgan fingerprint density at radius 2 is 1.88 bits per heavy atom. The van der Waals surface area contributed by atoms with Crippen LogP contribution in [0.4, 0.5) is 5.13 Å². The summed E-state index contributed by atoms with van der Waals surface area (Å²) in [6.45, 7) is 1.64. The van der Waals surface area contributed by atoms with Gasteiger partial charge in [0.1, 0.15) is 12.2 Å². The van der Waals surface area contributed by atoms with Crippen molar-refractivity contribution in [2.45, 2.75) is 25.8 Å². The van der Waals surface area contributed by atoms with Crippen LogP contribution in [-0.4, -0.2) is 33.8 Å². The number of primary amides is 1. The third-order valence-corrected chi connectivity index (χ3v) is 5.59. The molecule has 26 heavy (non-hydrogen) atoms. The Hall–Kier alpha value is -2.74. The molecule has 0 radical (unpaired) electrons. The zero-order chi connectivity index (χ0) is 18.1. The average Bonchev–Trinajstić information content (AvgIpc) is 3.11. The smallest absolute Gasteiger partial charge is 0.294 e. The predicted molar refractivity (Wildman–Crippen MR) is 102 cm³/mol. The van der Waals surface area contributed by atoms with E-state index < -0.39 is 5.91 Å². The van der Waals surface area contributed by atoms with Gasteiger partial charge in [-0.15, -0.1) is 0 Å². The lowest BCUT2D eigenvalue weighted by Gasteiger charge is -2.25. The Balaban J connectivity index is 1.92. The second-order valence-electron chi connectivity index (χ2n) is 6.37. The zero-order valence-electron chi connectivity index (χ0n) is 14.2. The number of carbonyl (C=O) groups is 1. The number of nitrogens with two attached hydrogens (primary N) is 1. The summed E-state index contributed by atoms with van der Waals surface area (Å²) in [5, 5.41) is 5.26. The number of thiazole rings is 1. The van der Waals surface area contributed by atoms with Gasteiger partial charge in [0.2, 0.25) is 5.91 Å². The molecule has 1 aliphatic rings. The van der Waals surface area contributed by atoms with Crippen molar-refractivity contribution in [3.05, 3.63) is 40.7 Å². The summed E-state index contributed by atoms with van der Waals surface area (Å²) in [6.07, 6.45) is 3.49. The van der Waals surface area contributed by atoms with Crippen LogP contribution in [0.2, 0.25) is 0 Å². The highest BCUT2D eigenvalue weighted by Gasteiger charge is 2.21. The van der Waals surface area contributed by atoms with E-state index in [0.29, 0.717) is 11.2 Å². The Labute approximate surface area is 154 Å². The topological polar surface area (TPSA) is 94.1 Å². The lowest BCUT2D eigenvalue weighted by atomic mass is 10.1. The molecule has 0 aliphatic carbocycles. The van der Waals surface area contributed by atoms with Crippen molar-refractivity contribution in [1.82, 2.24) is 14.8 Å². The van der Waals surface area contributed by atoms with Gasteiger partial charge in [0.05, 0.1) is 4.70 Å². The van der Waals surface area contributed by atoms with Crippen LogP contribution >= 0.6 is 11.3 Å². The number of rotatable bonds is 4. The minimum absolute atomic E-state index is 0.259. The SMILES string of the molecule is NC(=O)Cn1nc(-c2ccccc2)c2sc(N3CCCCC3)nc2c1=O. The predicted octanol–water partition coefficient (Wildman–Crippen LogP) is 2.00. The maximum Gasteiger partial charge on any atom is 0.294 e. The van der Waals surface area contributed by atoms with Crippen LogP contribution in [0.3, 0.4) is 0 Å². The Kier molecular flexibility index (Phi) is 4.42. The summed E-state index contributed by atoms with van der Waals surface area (Å²) in [4.78, 5) is 30.9. The van der Waals surface area contributed by atoms with E-state index in [9.17, 15) is 9.59 Å². The molecular weight excluding hydrogens is 350 g/mol. The van der Waals surface area contributed by atoms with Gasteiger partial charge in [-0.3, -0.25) is 9.59 Å². The van der Waals surface area contributed by atoms with Gasteiger partial charge in [-0.25, -0.2) is 9.67 Å². The molecule has 1 fully saturated rings. The number of aromatic nitrogens is 3. The maximum atomic E-state index is 12.8. The van der Waals surface area contributed by atoms with E-state index in [0.717, 1.165) is 46.0 Å². The largest absolute Gasteiger partial charge is 0.368 e. The molecule has 2 N–H and O–H groups in total. The number of hydrogen-bond donors (Lipinski definition) is 1. The van der Waals surface area contributed by atoms with E-state index in [1.807, 2.05) is 30.3 Å². The van der Waals surface area contributed by atoms with Crippen LogP contribution < -0.4 is 16.2 Å². The van der Waals surface area contributed by atoms with Gasteiger partial charge in [0.25, 0.3) is 5.56 Å². The second kappa shape index (κ2) is 6.87. The summed E-state index contributed by atoms with van der Waals surface area (Å²) in [5.41, 5.74) is 6.79. The van der Waals surface area contributed by atoms with E-state index >= 15 is 0 Å². The molecule has 3 aromatic rings. The Morgan fingerprint density at radius 3 is 2.58 bits per heavy atom. The van der Waals surface area contributed by atoms with Crippen molar-refractivity contribution >= 4 is 32.6 Å². The number of anilines is 1. The fraction of sp³-hybridized carbons (Fsp3) is 0.333. The van der Waals surface area contributed by atoms with Crippen molar-refractivity contribution in [3.8, 4) is 11.3 Å². The third kappa shape index (κ3) is 3.08. The highest BCUT2D eigenvalue weighted by Crippen LogP contribution is 2.34. The van der Waals surface area contributed by atoms with Gasteiger partial charge in [0.15, 0.2) is 10.6 Å². The molecule has 0 spiro atoms. The Morgan fingerprint density at radius 1 is 1.15 bits per heavy atom. The van der Waals surface area contributed by atoms with Gasteiger partial charge in [0, 0.05) is 18.7 Å². The Bertz CT molecular complexity index is 1010. The first-order valence-electron chi connectivity index (χ1n) is 8.64. The summed E-state index contributed by atoms with van der Waals surface area (Å²) < 4.78 is 1.87. The summed E-state index contributed by atoms with van der Waals surface area (Å²) in [7, 11) is 0. The minimum Gasteiger partial charge on any atom is -0.368 e.